The summed E-state index contributed by atoms with van der Waals surface area (Å²) in [6, 6.07) is 0. The molecule has 4 aliphatic carbocycles. The number of carbonyl (C=O) groups excluding carboxylic acids is 3. The summed E-state index contributed by atoms with van der Waals surface area (Å²) in [7, 11) is 0. The lowest BCUT2D eigenvalue weighted by molar-refractivity contribution is -0.147. The molecule has 4 bridgehead atoms. The molecule has 0 aromatic heterocycles. The van der Waals surface area contributed by atoms with Crippen LogP contribution >= 0.6 is 0 Å². The molecule has 112 valence electrons. The van der Waals surface area contributed by atoms with Crippen molar-refractivity contribution in [1.29, 1.82) is 0 Å². The van der Waals surface area contributed by atoms with E-state index in [-0.39, 0.29) is 41.3 Å². The second kappa shape index (κ2) is 4.05. The number of amides is 1. The van der Waals surface area contributed by atoms with E-state index in [1.807, 2.05) is 26.0 Å². The maximum Gasteiger partial charge on any atom is 0.240 e. The van der Waals surface area contributed by atoms with Gasteiger partial charge in [0.25, 0.3) is 0 Å². The third-order valence-electron chi connectivity index (χ3n) is 6.45. The summed E-state index contributed by atoms with van der Waals surface area (Å²) in [5.74, 6) is 0.163. The largest absolute Gasteiger partial charge is 0.342 e. The van der Waals surface area contributed by atoms with Crippen LogP contribution in [0.3, 0.4) is 0 Å². The summed E-state index contributed by atoms with van der Waals surface area (Å²) in [5, 5.41) is 0. The third-order valence-corrected chi connectivity index (χ3v) is 6.45. The zero-order valence-corrected chi connectivity index (χ0v) is 12.5. The van der Waals surface area contributed by atoms with Gasteiger partial charge in [0.15, 0.2) is 5.78 Å². The third kappa shape index (κ3) is 1.26. The van der Waals surface area contributed by atoms with Gasteiger partial charge in [-0.2, -0.15) is 0 Å². The van der Waals surface area contributed by atoms with E-state index in [9.17, 15) is 14.4 Å². The number of hydrogen-bond donors (Lipinski definition) is 0. The van der Waals surface area contributed by atoms with Crippen molar-refractivity contribution in [3.05, 3.63) is 12.2 Å². The van der Waals surface area contributed by atoms with Gasteiger partial charge in [-0.25, -0.2) is 0 Å². The van der Waals surface area contributed by atoms with Gasteiger partial charge in [0.05, 0.1) is 0 Å². The van der Waals surface area contributed by atoms with Crippen LogP contribution in [0.4, 0.5) is 0 Å². The summed E-state index contributed by atoms with van der Waals surface area (Å²) in [4.78, 5) is 40.1. The van der Waals surface area contributed by atoms with E-state index in [1.165, 1.54) is 0 Å². The Bertz CT molecular complexity index is 577. The van der Waals surface area contributed by atoms with Crippen molar-refractivity contribution in [2.75, 3.05) is 13.1 Å². The molecule has 0 aromatic carbocycles. The molecule has 0 heterocycles. The number of carbonyl (C=O) groups is 3. The minimum Gasteiger partial charge on any atom is -0.342 e. The van der Waals surface area contributed by atoms with E-state index in [0.29, 0.717) is 18.9 Å². The van der Waals surface area contributed by atoms with E-state index in [0.717, 1.165) is 12.8 Å². The van der Waals surface area contributed by atoms with Gasteiger partial charge in [0, 0.05) is 30.8 Å². The second-order valence-corrected chi connectivity index (χ2v) is 6.89. The fourth-order valence-corrected chi connectivity index (χ4v) is 5.64. The van der Waals surface area contributed by atoms with Gasteiger partial charge < -0.3 is 4.90 Å². The molecular weight excluding hydrogens is 266 g/mol. The Morgan fingerprint density at radius 3 is 2.57 bits per heavy atom. The van der Waals surface area contributed by atoms with Crippen molar-refractivity contribution in [2.45, 2.75) is 26.7 Å². The standard InChI is InChI=1S/C17H21NO3/c1-3-18(4-2)16(21)17-8-7-10(15(17)20)12-9-5-6-11(13(12)17)14(9)19/h7-13H,3-6H2,1-2H3. The normalized spacial score (nSPS) is 45.5. The molecule has 0 radical (unpaired) electrons. The molecule has 4 nitrogen and oxygen atoms in total. The molecule has 4 heteroatoms. The summed E-state index contributed by atoms with van der Waals surface area (Å²) in [6.07, 6.45) is 5.54. The summed E-state index contributed by atoms with van der Waals surface area (Å²) < 4.78 is 0. The molecule has 4 rings (SSSR count). The van der Waals surface area contributed by atoms with E-state index in [1.54, 1.807) is 4.90 Å². The maximum absolute atomic E-state index is 13.1. The number of rotatable bonds is 3. The minimum absolute atomic E-state index is 0.0327. The maximum atomic E-state index is 13.1. The Labute approximate surface area is 124 Å². The Morgan fingerprint density at radius 1 is 1.24 bits per heavy atom. The molecule has 0 aromatic rings. The molecule has 6 unspecified atom stereocenters. The van der Waals surface area contributed by atoms with Gasteiger partial charge in [-0.15, -0.1) is 0 Å². The van der Waals surface area contributed by atoms with Crippen LogP contribution in [0.1, 0.15) is 26.7 Å². The Morgan fingerprint density at radius 2 is 1.90 bits per heavy atom. The van der Waals surface area contributed by atoms with Gasteiger partial charge in [0.2, 0.25) is 5.91 Å². The molecule has 0 saturated heterocycles. The number of Topliss-reactive ketones (excluding diaryl/α,β-unsaturated/α-hetero) is 2. The van der Waals surface area contributed by atoms with Crippen LogP contribution in [0.25, 0.3) is 0 Å². The molecule has 6 atom stereocenters. The Kier molecular flexibility index (Phi) is 2.55. The summed E-state index contributed by atoms with van der Waals surface area (Å²) in [6.45, 7) is 5.11. The van der Waals surface area contributed by atoms with Crippen LogP contribution in [0, 0.1) is 35.0 Å². The van der Waals surface area contributed by atoms with Crippen LogP contribution < -0.4 is 0 Å². The Hall–Kier alpha value is -1.45. The van der Waals surface area contributed by atoms with Crippen molar-refractivity contribution in [3.8, 4) is 0 Å². The number of allylic oxidation sites excluding steroid dienone is 1. The van der Waals surface area contributed by atoms with Crippen LogP contribution in [-0.2, 0) is 14.4 Å². The highest BCUT2D eigenvalue weighted by atomic mass is 16.2. The molecule has 0 N–H and O–H groups in total. The zero-order valence-electron chi connectivity index (χ0n) is 12.5. The van der Waals surface area contributed by atoms with E-state index in [4.69, 9.17) is 0 Å². The molecule has 4 aliphatic rings. The second-order valence-electron chi connectivity index (χ2n) is 6.89. The van der Waals surface area contributed by atoms with Gasteiger partial charge in [0.1, 0.15) is 11.2 Å². The topological polar surface area (TPSA) is 54.5 Å². The van der Waals surface area contributed by atoms with Crippen molar-refractivity contribution >= 4 is 17.5 Å². The summed E-state index contributed by atoms with van der Waals surface area (Å²) in [5.41, 5.74) is -1.02. The van der Waals surface area contributed by atoms with Crippen LogP contribution in [-0.4, -0.2) is 35.5 Å². The fourth-order valence-electron chi connectivity index (χ4n) is 5.64. The first kappa shape index (κ1) is 13.2. The lowest BCUT2D eigenvalue weighted by Gasteiger charge is -2.38. The van der Waals surface area contributed by atoms with Crippen LogP contribution in [0.2, 0.25) is 0 Å². The molecule has 1 amide bonds. The predicted molar refractivity (Wildman–Crippen MR) is 76.2 cm³/mol. The first-order valence-electron chi connectivity index (χ1n) is 8.14. The van der Waals surface area contributed by atoms with Gasteiger partial charge in [-0.1, -0.05) is 12.2 Å². The van der Waals surface area contributed by atoms with Crippen LogP contribution in [0.15, 0.2) is 12.2 Å². The predicted octanol–water partition coefficient (Wildman–Crippen LogP) is 1.45. The van der Waals surface area contributed by atoms with Crippen molar-refractivity contribution in [1.82, 2.24) is 4.90 Å². The average Bonchev–Trinajstić information content (AvgIpc) is 3.18. The van der Waals surface area contributed by atoms with Crippen molar-refractivity contribution in [3.63, 3.8) is 0 Å². The number of fused-ring (bicyclic) bond motifs is 9. The Balaban J connectivity index is 1.81. The highest BCUT2D eigenvalue weighted by Crippen LogP contribution is 2.67. The number of ketones is 2. The highest BCUT2D eigenvalue weighted by Gasteiger charge is 2.74. The zero-order chi connectivity index (χ0) is 14.9. The number of hydrogen-bond acceptors (Lipinski definition) is 3. The van der Waals surface area contributed by atoms with Gasteiger partial charge in [-0.3, -0.25) is 14.4 Å². The lowest BCUT2D eigenvalue weighted by atomic mass is 9.66. The van der Waals surface area contributed by atoms with E-state index >= 15 is 0 Å². The minimum atomic E-state index is -1.02. The van der Waals surface area contributed by atoms with Crippen molar-refractivity contribution < 1.29 is 14.4 Å². The molecule has 3 fully saturated rings. The highest BCUT2D eigenvalue weighted by molar-refractivity contribution is 6.15. The molecule has 0 aliphatic heterocycles. The molecular formula is C17H21NO3. The van der Waals surface area contributed by atoms with Gasteiger partial charge in [-0.05, 0) is 38.5 Å². The van der Waals surface area contributed by atoms with E-state index in [2.05, 4.69) is 0 Å². The monoisotopic (exact) mass is 287 g/mol. The first-order valence-corrected chi connectivity index (χ1v) is 8.14. The molecule has 3 saturated carbocycles. The first-order chi connectivity index (χ1) is 10.1. The average molecular weight is 287 g/mol. The summed E-state index contributed by atoms with van der Waals surface area (Å²) >= 11 is 0. The van der Waals surface area contributed by atoms with Gasteiger partial charge >= 0.3 is 0 Å². The number of nitrogens with zero attached hydrogens (tertiary/aromatic N) is 1. The molecule has 0 spiro atoms. The molecule has 21 heavy (non-hydrogen) atoms. The fraction of sp³-hybridized carbons (Fsp3) is 0.706. The smallest absolute Gasteiger partial charge is 0.240 e. The van der Waals surface area contributed by atoms with Crippen LogP contribution in [0.5, 0.6) is 0 Å². The van der Waals surface area contributed by atoms with E-state index < -0.39 is 5.41 Å². The quantitative estimate of drug-likeness (QED) is 0.448. The SMILES string of the molecule is CCN(CC)C(=O)C12C=CC(C1=O)C1C3CCC(C3=O)C12. The van der Waals surface area contributed by atoms with Crippen molar-refractivity contribution in [2.24, 2.45) is 35.0 Å². The lowest BCUT2D eigenvalue weighted by Crippen LogP contribution is -2.50.